The lowest BCUT2D eigenvalue weighted by Crippen LogP contribution is -2.58. The van der Waals surface area contributed by atoms with Crippen LogP contribution in [0.1, 0.15) is 20.8 Å². The Bertz CT molecular complexity index is 284. The van der Waals surface area contributed by atoms with E-state index in [0.717, 1.165) is 20.8 Å². The average molecular weight is 254 g/mol. The summed E-state index contributed by atoms with van der Waals surface area (Å²) in [5, 5.41) is 0. The Morgan fingerprint density at radius 1 is 0.812 bits per heavy atom. The first-order valence-corrected chi connectivity index (χ1v) is 4.03. The van der Waals surface area contributed by atoms with Crippen LogP contribution in [0, 0.1) is 5.41 Å². The predicted molar refractivity (Wildman–Crippen MR) is 40.4 cm³/mol. The molecule has 0 radical (unpaired) electrons. The predicted octanol–water partition coefficient (Wildman–Crippen LogP) is 3.43. The first-order valence-electron chi connectivity index (χ1n) is 4.03. The van der Waals surface area contributed by atoms with Gasteiger partial charge in [-0.2, -0.15) is 30.7 Å². The minimum absolute atomic E-state index is 0.829. The molecule has 0 N–H and O–H groups in total. The van der Waals surface area contributed by atoms with Gasteiger partial charge in [0.25, 0.3) is 0 Å². The molecule has 16 heavy (non-hydrogen) atoms. The first kappa shape index (κ1) is 15.2. The van der Waals surface area contributed by atoms with Gasteiger partial charge in [-0.3, -0.25) is 4.79 Å². The number of hydrogen-bond acceptors (Lipinski definition) is 1. The van der Waals surface area contributed by atoms with Gasteiger partial charge < -0.3 is 0 Å². The number of carbonyl (C=O) groups excluding carboxylic acids is 1. The topological polar surface area (TPSA) is 17.1 Å². The van der Waals surface area contributed by atoms with Crippen molar-refractivity contribution in [3.8, 4) is 0 Å². The third kappa shape index (κ3) is 2.30. The van der Waals surface area contributed by atoms with E-state index in [1.165, 1.54) is 0 Å². The average Bonchev–Trinajstić information content (AvgIpc) is 1.98. The number of halogens is 7. The molecule has 0 bridgehead atoms. The summed E-state index contributed by atoms with van der Waals surface area (Å²) in [5.74, 6) is -14.6. The lowest BCUT2D eigenvalue weighted by atomic mass is 9.85. The zero-order valence-corrected chi connectivity index (χ0v) is 8.55. The van der Waals surface area contributed by atoms with E-state index < -0.39 is 29.2 Å². The van der Waals surface area contributed by atoms with E-state index in [0.29, 0.717) is 0 Å². The zero-order chi connectivity index (χ0) is 13.6. The lowest BCUT2D eigenvalue weighted by molar-refractivity contribution is -0.344. The maximum atomic E-state index is 12.8. The SMILES string of the molecule is CC(C)(C)C(=O)C(F)(F)C(F)(F)C(F)(F)F. The number of Topliss-reactive ketones (excluding diaryl/α,β-unsaturated/α-hetero) is 1. The van der Waals surface area contributed by atoms with E-state index >= 15 is 0 Å². The monoisotopic (exact) mass is 254 g/mol. The molecule has 0 unspecified atom stereocenters. The normalized spacial score (nSPS) is 15.1. The van der Waals surface area contributed by atoms with Crippen molar-refractivity contribution in [2.24, 2.45) is 5.41 Å². The first-order chi connectivity index (χ1) is 6.65. The highest BCUT2D eigenvalue weighted by Crippen LogP contribution is 2.48. The molecule has 96 valence electrons. The molecular formula is C8H9F7O. The Balaban J connectivity index is 5.46. The third-order valence-electron chi connectivity index (χ3n) is 1.72. The Morgan fingerprint density at radius 2 is 1.12 bits per heavy atom. The van der Waals surface area contributed by atoms with Crippen molar-refractivity contribution in [2.45, 2.75) is 38.8 Å². The minimum Gasteiger partial charge on any atom is -0.292 e. The van der Waals surface area contributed by atoms with Crippen LogP contribution in [-0.2, 0) is 4.79 Å². The molecule has 0 amide bonds. The van der Waals surface area contributed by atoms with Crippen LogP contribution in [0.3, 0.4) is 0 Å². The fourth-order valence-electron chi connectivity index (χ4n) is 0.792. The number of ketones is 1. The van der Waals surface area contributed by atoms with E-state index in [1.807, 2.05) is 0 Å². The third-order valence-corrected chi connectivity index (χ3v) is 1.72. The number of rotatable bonds is 2. The highest BCUT2D eigenvalue weighted by Gasteiger charge is 2.76. The smallest absolute Gasteiger partial charge is 0.292 e. The minimum atomic E-state index is -6.47. The second-order valence-corrected chi connectivity index (χ2v) is 4.23. The molecule has 0 heterocycles. The van der Waals surface area contributed by atoms with Gasteiger partial charge in [0.2, 0.25) is 5.78 Å². The molecule has 0 aromatic carbocycles. The zero-order valence-electron chi connectivity index (χ0n) is 8.55. The van der Waals surface area contributed by atoms with Gasteiger partial charge in [0.1, 0.15) is 0 Å². The second-order valence-electron chi connectivity index (χ2n) is 4.23. The summed E-state index contributed by atoms with van der Waals surface area (Å²) in [6.45, 7) is 2.49. The molecular weight excluding hydrogens is 245 g/mol. The second kappa shape index (κ2) is 3.59. The number of hydrogen-bond donors (Lipinski definition) is 0. The van der Waals surface area contributed by atoms with Gasteiger partial charge in [-0.25, -0.2) is 0 Å². The Morgan fingerprint density at radius 3 is 1.31 bits per heavy atom. The molecule has 8 heteroatoms. The fourth-order valence-corrected chi connectivity index (χ4v) is 0.792. The fraction of sp³-hybridized carbons (Fsp3) is 0.875. The van der Waals surface area contributed by atoms with Gasteiger partial charge in [0, 0.05) is 5.41 Å². The number of alkyl halides is 7. The Hall–Kier alpha value is -0.820. The molecule has 0 spiro atoms. The molecule has 0 aromatic heterocycles. The van der Waals surface area contributed by atoms with E-state index in [-0.39, 0.29) is 0 Å². The highest BCUT2D eigenvalue weighted by molar-refractivity contribution is 5.91. The molecule has 0 aliphatic carbocycles. The van der Waals surface area contributed by atoms with Crippen LogP contribution in [0.5, 0.6) is 0 Å². The molecule has 0 aliphatic heterocycles. The molecule has 0 aromatic rings. The van der Waals surface area contributed by atoms with Gasteiger partial charge >= 0.3 is 18.0 Å². The van der Waals surface area contributed by atoms with Crippen molar-refractivity contribution in [3.63, 3.8) is 0 Å². The number of carbonyl (C=O) groups is 1. The largest absolute Gasteiger partial charge is 0.460 e. The van der Waals surface area contributed by atoms with Crippen molar-refractivity contribution in [3.05, 3.63) is 0 Å². The van der Waals surface area contributed by atoms with Crippen LogP contribution in [0.15, 0.2) is 0 Å². The van der Waals surface area contributed by atoms with E-state index in [4.69, 9.17) is 0 Å². The van der Waals surface area contributed by atoms with E-state index in [1.54, 1.807) is 0 Å². The summed E-state index contributed by atoms with van der Waals surface area (Å²) >= 11 is 0. The quantitative estimate of drug-likeness (QED) is 0.690. The van der Waals surface area contributed by atoms with Gasteiger partial charge in [0.15, 0.2) is 0 Å². The molecule has 0 rings (SSSR count). The van der Waals surface area contributed by atoms with E-state index in [9.17, 15) is 35.5 Å². The summed E-state index contributed by atoms with van der Waals surface area (Å²) in [6.07, 6.45) is -6.47. The van der Waals surface area contributed by atoms with Crippen LogP contribution in [0.2, 0.25) is 0 Å². The summed E-state index contributed by atoms with van der Waals surface area (Å²) in [4.78, 5) is 10.8. The molecule has 0 saturated heterocycles. The van der Waals surface area contributed by atoms with Crippen LogP contribution in [0.4, 0.5) is 30.7 Å². The van der Waals surface area contributed by atoms with Crippen molar-refractivity contribution in [1.29, 1.82) is 0 Å². The van der Waals surface area contributed by atoms with Gasteiger partial charge in [-0.15, -0.1) is 0 Å². The van der Waals surface area contributed by atoms with Crippen molar-refractivity contribution in [1.82, 2.24) is 0 Å². The van der Waals surface area contributed by atoms with Gasteiger partial charge in [-0.05, 0) is 0 Å². The standard InChI is InChI=1S/C8H9F7O/c1-5(2,3)4(16)6(9,10)7(11,12)8(13,14)15/h1-3H3. The van der Waals surface area contributed by atoms with Crippen molar-refractivity contribution >= 4 is 5.78 Å². The summed E-state index contributed by atoms with van der Waals surface area (Å²) in [5.41, 5.74) is -2.00. The van der Waals surface area contributed by atoms with Crippen LogP contribution in [-0.4, -0.2) is 23.8 Å². The lowest BCUT2D eigenvalue weighted by Gasteiger charge is -2.31. The van der Waals surface area contributed by atoms with Crippen LogP contribution < -0.4 is 0 Å². The van der Waals surface area contributed by atoms with Crippen molar-refractivity contribution in [2.75, 3.05) is 0 Å². The maximum absolute atomic E-state index is 12.8. The van der Waals surface area contributed by atoms with Crippen molar-refractivity contribution < 1.29 is 35.5 Å². The molecule has 0 fully saturated rings. The summed E-state index contributed by atoms with van der Waals surface area (Å²) in [6, 6.07) is 0. The van der Waals surface area contributed by atoms with E-state index in [2.05, 4.69) is 0 Å². The summed E-state index contributed by atoms with van der Waals surface area (Å²) in [7, 11) is 0. The van der Waals surface area contributed by atoms with Crippen LogP contribution in [0.25, 0.3) is 0 Å². The molecule has 0 atom stereocenters. The molecule has 0 saturated carbocycles. The Kier molecular flexibility index (Phi) is 3.41. The van der Waals surface area contributed by atoms with Crippen LogP contribution >= 0.6 is 0 Å². The Labute approximate surface area is 86.6 Å². The molecule has 0 aliphatic rings. The highest BCUT2D eigenvalue weighted by atomic mass is 19.4. The van der Waals surface area contributed by atoms with Gasteiger partial charge in [-0.1, -0.05) is 20.8 Å². The maximum Gasteiger partial charge on any atom is 0.460 e. The van der Waals surface area contributed by atoms with Gasteiger partial charge in [0.05, 0.1) is 0 Å². The summed E-state index contributed by atoms with van der Waals surface area (Å²) < 4.78 is 85.4. The molecule has 1 nitrogen and oxygen atoms in total.